The van der Waals surface area contributed by atoms with E-state index in [0.717, 1.165) is 73.7 Å². The minimum atomic E-state index is -3.87. The van der Waals surface area contributed by atoms with Crippen molar-refractivity contribution < 1.29 is 53.7 Å². The van der Waals surface area contributed by atoms with E-state index >= 15 is 0 Å². The molecule has 0 amide bonds. The molecule has 480 valence electrons. The average Bonchev–Trinajstić information content (AvgIpc) is 1.68. The highest BCUT2D eigenvalue weighted by Crippen LogP contribution is 2.28. The molecule has 3 aromatic heterocycles. The normalized spacial score (nSPS) is 11.7. The van der Waals surface area contributed by atoms with Crippen molar-refractivity contribution in [2.45, 2.75) is 74.2 Å². The molecule has 0 radical (unpaired) electrons. The molecule has 6 aromatic carbocycles. The monoisotopic (exact) mass is 1290 g/mol. The van der Waals surface area contributed by atoms with Crippen molar-refractivity contribution in [3.05, 3.63) is 216 Å². The van der Waals surface area contributed by atoms with Crippen LogP contribution in [-0.4, -0.2) is 128 Å². The highest BCUT2D eigenvalue weighted by molar-refractivity contribution is 7.89. The van der Waals surface area contributed by atoms with Crippen molar-refractivity contribution in [3.63, 3.8) is 0 Å². The van der Waals surface area contributed by atoms with Crippen molar-refractivity contribution in [2.75, 3.05) is 56.8 Å². The number of ether oxygens (including phenoxy) is 6. The molecule has 0 unspecified atom stereocenters. The second-order valence-corrected chi connectivity index (χ2v) is 26.7. The number of aryl methyl sites for hydroxylation is 4. The van der Waals surface area contributed by atoms with Gasteiger partial charge in [0.2, 0.25) is 0 Å². The summed E-state index contributed by atoms with van der Waals surface area (Å²) in [5, 5.41) is 0.164. The molecule has 9 aromatic rings. The molecule has 9 rings (SSSR count). The van der Waals surface area contributed by atoms with Crippen LogP contribution in [0.3, 0.4) is 0 Å². The van der Waals surface area contributed by atoms with Crippen molar-refractivity contribution >= 4 is 30.1 Å². The summed E-state index contributed by atoms with van der Waals surface area (Å²) in [6.45, 7) is 3.69. The Labute approximate surface area is 529 Å². The third kappa shape index (κ3) is 18.3. The molecule has 0 saturated heterocycles. The predicted octanol–water partition coefficient (Wildman–Crippen LogP) is 9.11. The van der Waals surface area contributed by atoms with Crippen LogP contribution in [-0.2, 0) is 103 Å². The topological polar surface area (TPSA) is 224 Å². The maximum absolute atomic E-state index is 13.8. The molecule has 22 nitrogen and oxygen atoms in total. The van der Waals surface area contributed by atoms with E-state index in [-0.39, 0.29) is 54.3 Å². The Kier molecular flexibility index (Phi) is 24.3. The van der Waals surface area contributed by atoms with E-state index in [1.807, 2.05) is 186 Å². The summed E-state index contributed by atoms with van der Waals surface area (Å²) in [4.78, 5) is 14.6. The number of imidazole rings is 3. The van der Waals surface area contributed by atoms with Gasteiger partial charge in [-0.25, -0.2) is 40.2 Å². The lowest BCUT2D eigenvalue weighted by Crippen LogP contribution is -2.32. The highest BCUT2D eigenvalue weighted by Gasteiger charge is 2.32. The van der Waals surface area contributed by atoms with Crippen LogP contribution in [0, 0.1) is 0 Å². The fourth-order valence-electron chi connectivity index (χ4n) is 9.25. The maximum atomic E-state index is 13.8. The quantitative estimate of drug-likeness (QED) is 0.0468. The van der Waals surface area contributed by atoms with Gasteiger partial charge in [-0.3, -0.25) is 0 Å². The zero-order valence-electron chi connectivity index (χ0n) is 52.9. The molecule has 0 saturated carbocycles. The third-order valence-electron chi connectivity index (χ3n) is 14.3. The number of aromatic nitrogens is 6. The van der Waals surface area contributed by atoms with Crippen LogP contribution >= 0.6 is 0 Å². The second-order valence-electron chi connectivity index (χ2n) is 21.1. The molecule has 0 fully saturated rings. The Balaban J connectivity index is 0.000000192. The molecule has 0 bridgehead atoms. The fourth-order valence-corrected chi connectivity index (χ4v) is 13.6. The molecule has 0 N–H and O–H groups in total. The van der Waals surface area contributed by atoms with Crippen LogP contribution in [0.2, 0.25) is 0 Å². The smallest absolute Gasteiger partial charge is 0.263 e. The molecule has 90 heavy (non-hydrogen) atoms. The molecule has 0 aliphatic heterocycles. The molecule has 0 spiro atoms. The lowest BCUT2D eigenvalue weighted by molar-refractivity contribution is 0.378. The number of benzene rings is 6. The molecule has 3 heterocycles. The summed E-state index contributed by atoms with van der Waals surface area (Å²) in [6, 6.07) is 44.2. The SMILES string of the molecule is CCc1nc(S(=O)(=O)N(Cc2ccc(OC)cc2)Cc2ccc(OC)cc2)cn1C.COc1ccc(CN(Cc2ccc(OC)cc2)S(=O)(=O)c2cn(C)cn2)cc1.COc1ccc(CN(Cc2ccc(OC)cc2)S(=O)(=O)c2ncn(C)c2CN(C)C)cc1. The van der Waals surface area contributed by atoms with Gasteiger partial charge in [-0.15, -0.1) is 0 Å². The van der Waals surface area contributed by atoms with Gasteiger partial charge in [-0.2, -0.15) is 12.9 Å². The first-order valence-corrected chi connectivity index (χ1v) is 32.8. The average molecular weight is 1290 g/mol. The van der Waals surface area contributed by atoms with Gasteiger partial charge < -0.3 is 47.0 Å². The number of rotatable bonds is 27. The Morgan fingerprint density at radius 2 is 0.678 bits per heavy atom. The van der Waals surface area contributed by atoms with Gasteiger partial charge in [0.05, 0.1) is 61.0 Å². The van der Waals surface area contributed by atoms with E-state index in [9.17, 15) is 25.3 Å². The summed E-state index contributed by atoms with van der Waals surface area (Å²) in [7, 11) is 7.29. The minimum Gasteiger partial charge on any atom is -0.497 e. The summed E-state index contributed by atoms with van der Waals surface area (Å²) < 4.78 is 122. The first-order chi connectivity index (χ1) is 43.0. The first-order valence-electron chi connectivity index (χ1n) is 28.5. The van der Waals surface area contributed by atoms with Gasteiger partial charge >= 0.3 is 0 Å². The predicted molar refractivity (Wildman–Crippen MR) is 344 cm³/mol. The van der Waals surface area contributed by atoms with Gasteiger partial charge in [-0.1, -0.05) is 79.7 Å². The van der Waals surface area contributed by atoms with Crippen molar-refractivity contribution in [3.8, 4) is 34.5 Å². The second kappa shape index (κ2) is 31.8. The van der Waals surface area contributed by atoms with E-state index in [4.69, 9.17) is 28.4 Å². The number of methoxy groups -OCH3 is 6. The van der Waals surface area contributed by atoms with Gasteiger partial charge in [0.25, 0.3) is 30.1 Å². The van der Waals surface area contributed by atoms with Crippen LogP contribution in [0.25, 0.3) is 0 Å². The molecular weight excluding hydrogens is 1210 g/mol. The van der Waals surface area contributed by atoms with Gasteiger partial charge in [0.1, 0.15) is 40.3 Å². The summed E-state index contributed by atoms with van der Waals surface area (Å²) >= 11 is 0. The number of nitrogens with zero attached hydrogens (tertiary/aromatic N) is 10. The van der Waals surface area contributed by atoms with Gasteiger partial charge in [0.15, 0.2) is 15.1 Å². The molecule has 25 heteroatoms. The van der Waals surface area contributed by atoms with Crippen molar-refractivity contribution in [1.82, 2.24) is 46.5 Å². The number of hydrogen-bond acceptors (Lipinski definition) is 16. The first kappa shape index (κ1) is 68.9. The van der Waals surface area contributed by atoms with Crippen LogP contribution in [0.5, 0.6) is 34.5 Å². The van der Waals surface area contributed by atoms with E-state index in [1.165, 1.54) is 25.4 Å². The summed E-state index contributed by atoms with van der Waals surface area (Å²) in [5.74, 6) is 5.05. The zero-order valence-corrected chi connectivity index (χ0v) is 55.4. The van der Waals surface area contributed by atoms with Crippen LogP contribution in [0.4, 0.5) is 0 Å². The fraction of sp³-hybridized carbons (Fsp3) is 0.308. The van der Waals surface area contributed by atoms with E-state index in [2.05, 4.69) is 15.0 Å². The molecule has 0 aliphatic carbocycles. The maximum Gasteiger partial charge on any atom is 0.263 e. The van der Waals surface area contributed by atoms with Crippen LogP contribution < -0.4 is 28.4 Å². The van der Waals surface area contributed by atoms with Crippen molar-refractivity contribution in [2.24, 2.45) is 21.1 Å². The van der Waals surface area contributed by atoms with E-state index < -0.39 is 30.1 Å². The van der Waals surface area contributed by atoms with Crippen LogP contribution in [0.1, 0.15) is 51.8 Å². The summed E-state index contributed by atoms with van der Waals surface area (Å²) in [5.41, 5.74) is 5.78. The van der Waals surface area contributed by atoms with E-state index in [1.54, 1.807) is 75.9 Å². The largest absolute Gasteiger partial charge is 0.497 e. The Morgan fingerprint density at radius 3 is 0.933 bits per heavy atom. The lowest BCUT2D eigenvalue weighted by Gasteiger charge is -2.23. The minimum absolute atomic E-state index is 0.0250. The third-order valence-corrected chi connectivity index (χ3v) is 19.4. The number of hydrogen-bond donors (Lipinski definition) is 0. The van der Waals surface area contributed by atoms with Crippen LogP contribution in [0.15, 0.2) is 186 Å². The Hall–Kier alpha value is -8.56. The zero-order chi connectivity index (χ0) is 65.2. The van der Waals surface area contributed by atoms with E-state index in [0.29, 0.717) is 18.7 Å². The van der Waals surface area contributed by atoms with Crippen molar-refractivity contribution in [1.29, 1.82) is 0 Å². The lowest BCUT2D eigenvalue weighted by atomic mass is 10.2. The Bertz CT molecular complexity index is 3900. The number of sulfonamides is 3. The highest BCUT2D eigenvalue weighted by atomic mass is 32.2. The molecule has 0 aliphatic rings. The van der Waals surface area contributed by atoms with Gasteiger partial charge in [0, 0.05) is 85.8 Å². The molecular formula is C65H80N10O12S3. The van der Waals surface area contributed by atoms with Gasteiger partial charge in [-0.05, 0) is 120 Å². The molecule has 0 atom stereocenters. The Morgan fingerprint density at radius 1 is 0.378 bits per heavy atom. The standard InChI is InChI=1S/C23H30N4O4S.C22H27N3O4S.C20H23N3O4S/c1-25(2)16-22-23(24-17-26(22)3)32(28,29)27(14-18-6-10-20(30-4)11-7-18)15-19-8-12-21(31-5)13-9-19;1-5-21-23-22(16-24(21)2)30(26,27)25(14-17-6-10-19(28-3)11-7-17)15-18-8-12-20(29-4)13-9-18;1-22-14-20(21-15-22)28(24,25)23(12-16-4-8-18(26-2)9-5-16)13-17-6-10-19(27-3)11-7-17/h6-13,17H,14-16H2,1-5H3;6-13,16H,5,14-15H2,1-4H3;4-11,14-15H,12-13H2,1-3H3. The summed E-state index contributed by atoms with van der Waals surface area (Å²) in [6.07, 6.45) is 6.76.